The summed E-state index contributed by atoms with van der Waals surface area (Å²) >= 11 is 0. The summed E-state index contributed by atoms with van der Waals surface area (Å²) in [4.78, 5) is 25.0. The van der Waals surface area contributed by atoms with Crippen molar-refractivity contribution in [2.75, 3.05) is 19.5 Å². The van der Waals surface area contributed by atoms with Crippen LogP contribution in [0.2, 0.25) is 0 Å². The topological polar surface area (TPSA) is 76.7 Å². The van der Waals surface area contributed by atoms with Crippen molar-refractivity contribution < 1.29 is 19.1 Å². The first kappa shape index (κ1) is 20.7. The lowest BCUT2D eigenvalue weighted by Crippen LogP contribution is -2.34. The van der Waals surface area contributed by atoms with E-state index in [0.717, 1.165) is 12.8 Å². The van der Waals surface area contributed by atoms with Crippen molar-refractivity contribution in [1.82, 2.24) is 5.32 Å². The SMILES string of the molecule is COc1ccc(NC(=O)c2ccc(C(=O)NC3CCCCCC3)cc2)cc1OC. The van der Waals surface area contributed by atoms with Gasteiger partial charge in [0.25, 0.3) is 11.8 Å². The molecule has 154 valence electrons. The number of rotatable bonds is 6. The van der Waals surface area contributed by atoms with Crippen LogP contribution in [-0.2, 0) is 0 Å². The summed E-state index contributed by atoms with van der Waals surface area (Å²) in [5.41, 5.74) is 1.64. The molecule has 2 aromatic carbocycles. The number of nitrogens with one attached hydrogen (secondary N) is 2. The Hall–Kier alpha value is -3.02. The first-order chi connectivity index (χ1) is 14.1. The molecule has 0 heterocycles. The van der Waals surface area contributed by atoms with Gasteiger partial charge in [-0.3, -0.25) is 9.59 Å². The van der Waals surface area contributed by atoms with E-state index in [-0.39, 0.29) is 17.9 Å². The average molecular weight is 396 g/mol. The summed E-state index contributed by atoms with van der Waals surface area (Å²) in [6.45, 7) is 0. The van der Waals surface area contributed by atoms with Gasteiger partial charge in [0.15, 0.2) is 11.5 Å². The first-order valence-corrected chi connectivity index (χ1v) is 10.0. The molecule has 1 aliphatic rings. The molecule has 1 fully saturated rings. The van der Waals surface area contributed by atoms with Crippen molar-refractivity contribution in [3.05, 3.63) is 53.6 Å². The Morgan fingerprint density at radius 2 is 1.38 bits per heavy atom. The van der Waals surface area contributed by atoms with E-state index in [0.29, 0.717) is 28.3 Å². The van der Waals surface area contributed by atoms with Gasteiger partial charge in [0, 0.05) is 28.9 Å². The van der Waals surface area contributed by atoms with Gasteiger partial charge in [-0.15, -0.1) is 0 Å². The van der Waals surface area contributed by atoms with Gasteiger partial charge in [0.1, 0.15) is 0 Å². The number of carbonyl (C=O) groups excluding carboxylic acids is 2. The Morgan fingerprint density at radius 3 is 1.97 bits per heavy atom. The molecule has 29 heavy (non-hydrogen) atoms. The molecule has 0 aliphatic heterocycles. The summed E-state index contributed by atoms with van der Waals surface area (Å²) in [7, 11) is 3.10. The molecule has 0 saturated heterocycles. The predicted molar refractivity (Wildman–Crippen MR) is 113 cm³/mol. The van der Waals surface area contributed by atoms with Crippen LogP contribution < -0.4 is 20.1 Å². The molecule has 0 bridgehead atoms. The molecule has 0 radical (unpaired) electrons. The lowest BCUT2D eigenvalue weighted by Gasteiger charge is -2.16. The minimum Gasteiger partial charge on any atom is -0.493 e. The molecular formula is C23H28N2O4. The molecule has 1 aliphatic carbocycles. The number of methoxy groups -OCH3 is 2. The maximum atomic E-state index is 12.5. The number of amides is 2. The van der Waals surface area contributed by atoms with Gasteiger partial charge in [0.05, 0.1) is 14.2 Å². The van der Waals surface area contributed by atoms with Gasteiger partial charge in [-0.1, -0.05) is 25.7 Å². The molecular weight excluding hydrogens is 368 g/mol. The molecule has 2 N–H and O–H groups in total. The minimum absolute atomic E-state index is 0.0799. The average Bonchev–Trinajstić information content (AvgIpc) is 3.02. The van der Waals surface area contributed by atoms with Crippen LogP contribution in [0.5, 0.6) is 11.5 Å². The van der Waals surface area contributed by atoms with Crippen molar-refractivity contribution in [2.24, 2.45) is 0 Å². The number of hydrogen-bond donors (Lipinski definition) is 2. The van der Waals surface area contributed by atoms with E-state index in [1.54, 1.807) is 56.7 Å². The molecule has 2 aromatic rings. The fraction of sp³-hybridized carbons (Fsp3) is 0.391. The van der Waals surface area contributed by atoms with Crippen molar-refractivity contribution >= 4 is 17.5 Å². The lowest BCUT2D eigenvalue weighted by molar-refractivity contribution is 0.0932. The molecule has 0 spiro atoms. The summed E-state index contributed by atoms with van der Waals surface area (Å²) in [6.07, 6.45) is 6.90. The van der Waals surface area contributed by atoms with Gasteiger partial charge in [-0.05, 0) is 49.2 Å². The predicted octanol–water partition coefficient (Wildman–Crippen LogP) is 4.41. The Kier molecular flexibility index (Phi) is 7.11. The zero-order valence-electron chi connectivity index (χ0n) is 17.0. The van der Waals surface area contributed by atoms with Gasteiger partial charge in [-0.2, -0.15) is 0 Å². The Bertz CT molecular complexity index is 840. The quantitative estimate of drug-likeness (QED) is 0.709. The van der Waals surface area contributed by atoms with E-state index in [9.17, 15) is 9.59 Å². The Labute approximate surface area is 171 Å². The maximum Gasteiger partial charge on any atom is 0.255 e. The van der Waals surface area contributed by atoms with Crippen LogP contribution in [0.4, 0.5) is 5.69 Å². The fourth-order valence-electron chi connectivity index (χ4n) is 3.58. The normalized spacial score (nSPS) is 14.6. The van der Waals surface area contributed by atoms with Crippen LogP contribution in [-0.4, -0.2) is 32.1 Å². The second-order valence-electron chi connectivity index (χ2n) is 7.26. The van der Waals surface area contributed by atoms with Crippen LogP contribution in [0, 0.1) is 0 Å². The van der Waals surface area contributed by atoms with Crippen molar-refractivity contribution in [3.63, 3.8) is 0 Å². The van der Waals surface area contributed by atoms with Crippen LogP contribution >= 0.6 is 0 Å². The molecule has 0 atom stereocenters. The van der Waals surface area contributed by atoms with Crippen molar-refractivity contribution in [1.29, 1.82) is 0 Å². The summed E-state index contributed by atoms with van der Waals surface area (Å²) < 4.78 is 10.5. The molecule has 1 saturated carbocycles. The Balaban J connectivity index is 1.61. The van der Waals surface area contributed by atoms with Crippen LogP contribution in [0.15, 0.2) is 42.5 Å². The van der Waals surface area contributed by atoms with Gasteiger partial charge < -0.3 is 20.1 Å². The molecule has 0 aromatic heterocycles. The highest BCUT2D eigenvalue weighted by molar-refractivity contribution is 6.05. The summed E-state index contributed by atoms with van der Waals surface area (Å²) in [5.74, 6) is 0.794. The number of ether oxygens (including phenoxy) is 2. The van der Waals surface area contributed by atoms with Crippen LogP contribution in [0.3, 0.4) is 0 Å². The summed E-state index contributed by atoms with van der Waals surface area (Å²) in [6, 6.07) is 12.1. The number of anilines is 1. The zero-order valence-corrected chi connectivity index (χ0v) is 17.0. The first-order valence-electron chi connectivity index (χ1n) is 10.0. The van der Waals surface area contributed by atoms with E-state index in [1.807, 2.05) is 0 Å². The van der Waals surface area contributed by atoms with E-state index in [2.05, 4.69) is 10.6 Å². The minimum atomic E-state index is -0.257. The number of hydrogen-bond acceptors (Lipinski definition) is 4. The second kappa shape index (κ2) is 9.96. The van der Waals surface area contributed by atoms with Crippen LogP contribution in [0.1, 0.15) is 59.2 Å². The van der Waals surface area contributed by atoms with Gasteiger partial charge >= 0.3 is 0 Å². The molecule has 0 unspecified atom stereocenters. The van der Waals surface area contributed by atoms with E-state index in [4.69, 9.17) is 9.47 Å². The third-order valence-electron chi connectivity index (χ3n) is 5.24. The smallest absolute Gasteiger partial charge is 0.255 e. The second-order valence-corrected chi connectivity index (χ2v) is 7.26. The molecule has 2 amide bonds. The highest BCUT2D eigenvalue weighted by Crippen LogP contribution is 2.30. The van der Waals surface area contributed by atoms with Crippen LogP contribution in [0.25, 0.3) is 0 Å². The molecule has 6 nitrogen and oxygen atoms in total. The largest absolute Gasteiger partial charge is 0.493 e. The summed E-state index contributed by atoms with van der Waals surface area (Å²) in [5, 5.41) is 5.95. The maximum absolute atomic E-state index is 12.5. The van der Waals surface area contributed by atoms with Crippen molar-refractivity contribution in [2.45, 2.75) is 44.6 Å². The highest BCUT2D eigenvalue weighted by atomic mass is 16.5. The third-order valence-corrected chi connectivity index (χ3v) is 5.24. The monoisotopic (exact) mass is 396 g/mol. The third kappa shape index (κ3) is 5.50. The van der Waals surface area contributed by atoms with E-state index >= 15 is 0 Å². The Morgan fingerprint density at radius 1 is 0.793 bits per heavy atom. The van der Waals surface area contributed by atoms with Gasteiger partial charge in [0.2, 0.25) is 0 Å². The standard InChI is InChI=1S/C23H28N2O4/c1-28-20-14-13-19(15-21(20)29-2)25-23(27)17-11-9-16(10-12-17)22(26)24-18-7-5-3-4-6-8-18/h9-15,18H,3-8H2,1-2H3,(H,24,26)(H,25,27). The number of benzene rings is 2. The van der Waals surface area contributed by atoms with E-state index in [1.165, 1.54) is 25.7 Å². The molecule has 3 rings (SSSR count). The fourth-order valence-corrected chi connectivity index (χ4v) is 3.58. The lowest BCUT2D eigenvalue weighted by atomic mass is 10.1. The zero-order chi connectivity index (χ0) is 20.6. The molecule has 6 heteroatoms. The van der Waals surface area contributed by atoms with Crippen molar-refractivity contribution in [3.8, 4) is 11.5 Å². The van der Waals surface area contributed by atoms with E-state index < -0.39 is 0 Å². The number of carbonyl (C=O) groups is 2. The van der Waals surface area contributed by atoms with Gasteiger partial charge in [-0.25, -0.2) is 0 Å². The highest BCUT2D eigenvalue weighted by Gasteiger charge is 2.16.